The van der Waals surface area contributed by atoms with E-state index in [1.54, 1.807) is 13.2 Å². The molecule has 0 bridgehead atoms. The lowest BCUT2D eigenvalue weighted by atomic mass is 10.0. The number of fused-ring (bicyclic) bond motifs is 1. The van der Waals surface area contributed by atoms with Crippen LogP contribution in [0.15, 0.2) is 18.2 Å². The fourth-order valence-electron chi connectivity index (χ4n) is 2.03. The SMILES string of the molecule is COCCNCC(=O)Nc1ccc2c(c1)NC(=O)CC2.Cl. The van der Waals surface area contributed by atoms with Crippen LogP contribution in [0, 0.1) is 0 Å². The molecular weight excluding hydrogens is 294 g/mol. The summed E-state index contributed by atoms with van der Waals surface area (Å²) in [5.41, 5.74) is 2.57. The fraction of sp³-hybridized carbons (Fsp3) is 0.429. The number of hydrogen-bond donors (Lipinski definition) is 3. The Balaban J connectivity index is 0.00000220. The molecule has 0 saturated heterocycles. The van der Waals surface area contributed by atoms with E-state index in [9.17, 15) is 9.59 Å². The number of anilines is 2. The lowest BCUT2D eigenvalue weighted by Crippen LogP contribution is -2.30. The Morgan fingerprint density at radius 1 is 1.38 bits per heavy atom. The fourth-order valence-corrected chi connectivity index (χ4v) is 2.03. The molecule has 3 N–H and O–H groups in total. The van der Waals surface area contributed by atoms with E-state index in [1.807, 2.05) is 12.1 Å². The summed E-state index contributed by atoms with van der Waals surface area (Å²) in [6.07, 6.45) is 1.26. The summed E-state index contributed by atoms with van der Waals surface area (Å²) in [7, 11) is 1.61. The number of amides is 2. The van der Waals surface area contributed by atoms with E-state index in [0.29, 0.717) is 25.3 Å². The Kier molecular flexibility index (Phi) is 7.14. The third-order valence-corrected chi connectivity index (χ3v) is 3.06. The molecule has 6 nitrogen and oxygen atoms in total. The van der Waals surface area contributed by atoms with Gasteiger partial charge in [-0.3, -0.25) is 9.59 Å². The van der Waals surface area contributed by atoms with E-state index >= 15 is 0 Å². The second-order valence-electron chi connectivity index (χ2n) is 4.64. The van der Waals surface area contributed by atoms with Gasteiger partial charge in [0.15, 0.2) is 0 Å². The minimum absolute atomic E-state index is 0. The van der Waals surface area contributed by atoms with Gasteiger partial charge in [-0.25, -0.2) is 0 Å². The Bertz CT molecular complexity index is 508. The van der Waals surface area contributed by atoms with Crippen molar-refractivity contribution < 1.29 is 14.3 Å². The molecule has 1 aliphatic heterocycles. The maximum absolute atomic E-state index is 11.7. The van der Waals surface area contributed by atoms with Gasteiger partial charge in [0.25, 0.3) is 0 Å². The van der Waals surface area contributed by atoms with Gasteiger partial charge in [0.05, 0.1) is 13.2 Å². The Morgan fingerprint density at radius 3 is 2.95 bits per heavy atom. The number of halogens is 1. The van der Waals surface area contributed by atoms with E-state index < -0.39 is 0 Å². The van der Waals surface area contributed by atoms with E-state index in [4.69, 9.17) is 4.74 Å². The van der Waals surface area contributed by atoms with Crippen LogP contribution in [-0.2, 0) is 20.7 Å². The summed E-state index contributed by atoms with van der Waals surface area (Å²) in [5.74, 6) is -0.106. The van der Waals surface area contributed by atoms with Crippen molar-refractivity contribution in [2.45, 2.75) is 12.8 Å². The Hall–Kier alpha value is -1.63. The van der Waals surface area contributed by atoms with Crippen LogP contribution < -0.4 is 16.0 Å². The minimum atomic E-state index is -0.122. The number of ether oxygens (including phenoxy) is 1. The molecule has 0 saturated carbocycles. The highest BCUT2D eigenvalue weighted by atomic mass is 35.5. The van der Waals surface area contributed by atoms with Crippen LogP contribution in [-0.4, -0.2) is 38.6 Å². The second kappa shape index (κ2) is 8.61. The monoisotopic (exact) mass is 313 g/mol. The predicted molar refractivity (Wildman–Crippen MR) is 84.0 cm³/mol. The molecule has 2 amide bonds. The highest BCUT2D eigenvalue weighted by molar-refractivity contribution is 5.96. The molecule has 0 atom stereocenters. The minimum Gasteiger partial charge on any atom is -0.383 e. The molecule has 21 heavy (non-hydrogen) atoms. The van der Waals surface area contributed by atoms with Gasteiger partial charge in [-0.1, -0.05) is 6.07 Å². The first kappa shape index (κ1) is 17.4. The number of nitrogens with one attached hydrogen (secondary N) is 3. The number of rotatable bonds is 6. The maximum Gasteiger partial charge on any atom is 0.238 e. The van der Waals surface area contributed by atoms with E-state index in [2.05, 4.69) is 16.0 Å². The van der Waals surface area contributed by atoms with Crippen LogP contribution in [0.25, 0.3) is 0 Å². The smallest absolute Gasteiger partial charge is 0.238 e. The van der Waals surface area contributed by atoms with Crippen molar-refractivity contribution in [1.29, 1.82) is 0 Å². The van der Waals surface area contributed by atoms with Gasteiger partial charge in [0.2, 0.25) is 11.8 Å². The van der Waals surface area contributed by atoms with Gasteiger partial charge >= 0.3 is 0 Å². The molecular formula is C14H20ClN3O3. The zero-order valence-corrected chi connectivity index (χ0v) is 12.7. The molecule has 0 radical (unpaired) electrons. The summed E-state index contributed by atoms with van der Waals surface area (Å²) in [6, 6.07) is 5.57. The summed E-state index contributed by atoms with van der Waals surface area (Å²) in [5, 5.41) is 8.57. The van der Waals surface area contributed by atoms with Crippen molar-refractivity contribution in [3.8, 4) is 0 Å². The molecule has 7 heteroatoms. The molecule has 0 aliphatic carbocycles. The van der Waals surface area contributed by atoms with Crippen molar-refractivity contribution in [3.63, 3.8) is 0 Å². The second-order valence-corrected chi connectivity index (χ2v) is 4.64. The lowest BCUT2D eigenvalue weighted by molar-refractivity contribution is -0.116. The summed E-state index contributed by atoms with van der Waals surface area (Å²) < 4.78 is 4.88. The van der Waals surface area contributed by atoms with E-state index in [0.717, 1.165) is 17.7 Å². The van der Waals surface area contributed by atoms with Crippen LogP contribution in [0.3, 0.4) is 0 Å². The van der Waals surface area contributed by atoms with Crippen LogP contribution in [0.1, 0.15) is 12.0 Å². The third-order valence-electron chi connectivity index (χ3n) is 3.06. The summed E-state index contributed by atoms with van der Waals surface area (Å²) >= 11 is 0. The number of benzene rings is 1. The molecule has 0 unspecified atom stereocenters. The number of carbonyl (C=O) groups is 2. The number of aryl methyl sites for hydroxylation is 1. The van der Waals surface area contributed by atoms with Gasteiger partial charge in [-0.15, -0.1) is 12.4 Å². The highest BCUT2D eigenvalue weighted by Crippen LogP contribution is 2.25. The zero-order valence-electron chi connectivity index (χ0n) is 11.9. The van der Waals surface area contributed by atoms with Crippen molar-refractivity contribution >= 4 is 35.6 Å². The standard InChI is InChI=1S/C14H19N3O3.ClH/c1-20-7-6-15-9-14(19)16-11-4-2-10-3-5-13(18)17-12(10)8-11;/h2,4,8,15H,3,5-7,9H2,1H3,(H,16,19)(H,17,18);1H. The van der Waals surface area contributed by atoms with Crippen molar-refractivity contribution in [1.82, 2.24) is 5.32 Å². The quantitative estimate of drug-likeness (QED) is 0.689. The molecule has 1 heterocycles. The van der Waals surface area contributed by atoms with Gasteiger partial charge < -0.3 is 20.7 Å². The molecule has 116 valence electrons. The average Bonchev–Trinajstić information content (AvgIpc) is 2.43. The lowest BCUT2D eigenvalue weighted by Gasteiger charge is -2.17. The molecule has 1 aliphatic rings. The topological polar surface area (TPSA) is 79.5 Å². The van der Waals surface area contributed by atoms with Gasteiger partial charge in [0.1, 0.15) is 0 Å². The third kappa shape index (κ3) is 5.34. The molecule has 0 fully saturated rings. The molecule has 0 spiro atoms. The van der Waals surface area contributed by atoms with Crippen LogP contribution in [0.2, 0.25) is 0 Å². The normalized spacial score (nSPS) is 12.9. The van der Waals surface area contributed by atoms with Crippen LogP contribution in [0.4, 0.5) is 11.4 Å². The van der Waals surface area contributed by atoms with Crippen LogP contribution in [0.5, 0.6) is 0 Å². The molecule has 2 rings (SSSR count). The van der Waals surface area contributed by atoms with Gasteiger partial charge in [-0.05, 0) is 24.1 Å². The highest BCUT2D eigenvalue weighted by Gasteiger charge is 2.15. The van der Waals surface area contributed by atoms with Crippen molar-refractivity contribution in [3.05, 3.63) is 23.8 Å². The first-order chi connectivity index (χ1) is 9.69. The first-order valence-electron chi connectivity index (χ1n) is 6.61. The summed E-state index contributed by atoms with van der Waals surface area (Å²) in [6.45, 7) is 1.43. The molecule has 1 aromatic carbocycles. The number of hydrogen-bond acceptors (Lipinski definition) is 4. The maximum atomic E-state index is 11.7. The number of methoxy groups -OCH3 is 1. The van der Waals surface area contributed by atoms with E-state index in [1.165, 1.54) is 0 Å². The van der Waals surface area contributed by atoms with Crippen LogP contribution >= 0.6 is 12.4 Å². The zero-order chi connectivity index (χ0) is 14.4. The Labute approximate surface area is 130 Å². The molecule has 0 aromatic heterocycles. The molecule has 1 aromatic rings. The first-order valence-corrected chi connectivity index (χ1v) is 6.61. The van der Waals surface area contributed by atoms with Gasteiger partial charge in [0, 0.05) is 31.5 Å². The van der Waals surface area contributed by atoms with Crippen molar-refractivity contribution in [2.24, 2.45) is 0 Å². The van der Waals surface area contributed by atoms with Gasteiger partial charge in [-0.2, -0.15) is 0 Å². The summed E-state index contributed by atoms with van der Waals surface area (Å²) in [4.78, 5) is 23.0. The average molecular weight is 314 g/mol. The Morgan fingerprint density at radius 2 is 2.19 bits per heavy atom. The predicted octanol–water partition coefficient (Wildman–Crippen LogP) is 1.17. The largest absolute Gasteiger partial charge is 0.383 e. The van der Waals surface area contributed by atoms with E-state index in [-0.39, 0.29) is 30.8 Å². The van der Waals surface area contributed by atoms with Crippen molar-refractivity contribution in [2.75, 3.05) is 37.4 Å². The number of carbonyl (C=O) groups excluding carboxylic acids is 2.